The second-order valence-corrected chi connectivity index (χ2v) is 5.68. The molecular weight excluding hydrogens is 280 g/mol. The molecule has 2 amide bonds. The minimum atomic E-state index is -0.251. The maximum Gasteiger partial charge on any atom is 0.271 e. The van der Waals surface area contributed by atoms with Crippen LogP contribution in [0.5, 0.6) is 0 Å². The molecule has 2 aromatic rings. The van der Waals surface area contributed by atoms with Crippen molar-refractivity contribution in [2.24, 2.45) is 0 Å². The number of aromatic nitrogens is 2. The van der Waals surface area contributed by atoms with Gasteiger partial charge in [0.05, 0.1) is 11.9 Å². The van der Waals surface area contributed by atoms with Gasteiger partial charge in [-0.3, -0.25) is 14.7 Å². The van der Waals surface area contributed by atoms with Crippen molar-refractivity contribution in [3.63, 3.8) is 0 Å². The van der Waals surface area contributed by atoms with Crippen molar-refractivity contribution in [1.82, 2.24) is 15.5 Å². The van der Waals surface area contributed by atoms with E-state index in [1.54, 1.807) is 6.07 Å². The number of hydrogen-bond acceptors (Lipinski definition) is 3. The number of aryl methyl sites for hydroxylation is 2. The Morgan fingerprint density at radius 3 is 2.68 bits per heavy atom. The summed E-state index contributed by atoms with van der Waals surface area (Å²) in [4.78, 5) is 24.4. The number of rotatable bonds is 4. The molecule has 0 spiro atoms. The molecule has 1 aliphatic carbocycles. The van der Waals surface area contributed by atoms with Crippen LogP contribution in [0.4, 0.5) is 5.69 Å². The molecule has 0 aliphatic heterocycles. The second kappa shape index (κ2) is 5.63. The highest BCUT2D eigenvalue weighted by molar-refractivity contribution is 6.08. The molecule has 1 saturated carbocycles. The normalized spacial score (nSPS) is 13.7. The molecule has 3 N–H and O–H groups in total. The molecule has 114 valence electrons. The van der Waals surface area contributed by atoms with Gasteiger partial charge in [-0.05, 0) is 38.3 Å². The molecule has 1 aromatic heterocycles. The molecule has 1 heterocycles. The quantitative estimate of drug-likeness (QED) is 0.808. The number of amides is 2. The lowest BCUT2D eigenvalue weighted by Crippen LogP contribution is -2.27. The Balaban J connectivity index is 1.76. The molecule has 0 atom stereocenters. The SMILES string of the molecule is Cc1ccc(C(=O)Nc2cn[nH]c2C(=O)NC2CC2)c(C)c1. The number of H-pyrrole nitrogens is 1. The molecule has 0 bridgehead atoms. The predicted octanol–water partition coefficient (Wildman–Crippen LogP) is 2.17. The molecule has 1 aliphatic rings. The Kier molecular flexibility index (Phi) is 3.66. The maximum absolute atomic E-state index is 12.4. The number of carbonyl (C=O) groups is 2. The number of nitrogens with zero attached hydrogens (tertiary/aromatic N) is 1. The van der Waals surface area contributed by atoms with E-state index in [4.69, 9.17) is 0 Å². The van der Waals surface area contributed by atoms with Crippen molar-refractivity contribution < 1.29 is 9.59 Å². The van der Waals surface area contributed by atoms with Crippen molar-refractivity contribution in [2.45, 2.75) is 32.7 Å². The first-order chi connectivity index (χ1) is 10.5. The largest absolute Gasteiger partial charge is 0.348 e. The standard InChI is InChI=1S/C16H18N4O2/c1-9-3-6-12(10(2)7-9)15(21)19-13-8-17-20-14(13)16(22)18-11-4-5-11/h3,6-8,11H,4-5H2,1-2H3,(H,17,20)(H,18,22)(H,19,21). The first-order valence-corrected chi connectivity index (χ1v) is 7.27. The third-order valence-electron chi connectivity index (χ3n) is 3.65. The first-order valence-electron chi connectivity index (χ1n) is 7.27. The summed E-state index contributed by atoms with van der Waals surface area (Å²) in [6.07, 6.45) is 3.46. The lowest BCUT2D eigenvalue weighted by Gasteiger charge is -2.09. The predicted molar refractivity (Wildman–Crippen MR) is 82.9 cm³/mol. The van der Waals surface area contributed by atoms with Gasteiger partial charge in [0, 0.05) is 11.6 Å². The lowest BCUT2D eigenvalue weighted by atomic mass is 10.1. The minimum absolute atomic E-state index is 0.240. The minimum Gasteiger partial charge on any atom is -0.348 e. The van der Waals surface area contributed by atoms with Crippen LogP contribution in [0.2, 0.25) is 0 Å². The van der Waals surface area contributed by atoms with E-state index in [2.05, 4.69) is 20.8 Å². The average molecular weight is 298 g/mol. The van der Waals surface area contributed by atoms with E-state index < -0.39 is 0 Å². The Labute approximate surface area is 128 Å². The van der Waals surface area contributed by atoms with Gasteiger partial charge in [-0.25, -0.2) is 0 Å². The van der Waals surface area contributed by atoms with E-state index in [1.165, 1.54) is 6.20 Å². The number of carbonyl (C=O) groups excluding carboxylic acids is 2. The summed E-state index contributed by atoms with van der Waals surface area (Å²) in [7, 11) is 0. The summed E-state index contributed by atoms with van der Waals surface area (Å²) in [5, 5.41) is 12.1. The molecule has 1 fully saturated rings. The lowest BCUT2D eigenvalue weighted by molar-refractivity contribution is 0.0947. The summed E-state index contributed by atoms with van der Waals surface area (Å²) >= 11 is 0. The van der Waals surface area contributed by atoms with Crippen molar-refractivity contribution in [3.8, 4) is 0 Å². The number of anilines is 1. The fourth-order valence-corrected chi connectivity index (χ4v) is 2.30. The number of benzene rings is 1. The molecule has 0 unspecified atom stereocenters. The summed E-state index contributed by atoms with van der Waals surface area (Å²) in [6.45, 7) is 3.86. The Morgan fingerprint density at radius 2 is 2.00 bits per heavy atom. The van der Waals surface area contributed by atoms with Gasteiger partial charge in [0.2, 0.25) is 0 Å². The molecule has 3 rings (SSSR count). The zero-order chi connectivity index (χ0) is 15.7. The van der Waals surface area contributed by atoms with E-state index in [9.17, 15) is 9.59 Å². The molecule has 6 nitrogen and oxygen atoms in total. The molecule has 6 heteroatoms. The fraction of sp³-hybridized carbons (Fsp3) is 0.312. The molecule has 22 heavy (non-hydrogen) atoms. The van der Waals surface area contributed by atoms with Crippen LogP contribution in [-0.4, -0.2) is 28.1 Å². The highest BCUT2D eigenvalue weighted by Crippen LogP contribution is 2.21. The summed E-state index contributed by atoms with van der Waals surface area (Å²) < 4.78 is 0. The van der Waals surface area contributed by atoms with Crippen LogP contribution in [0, 0.1) is 13.8 Å². The van der Waals surface area contributed by atoms with Crippen molar-refractivity contribution >= 4 is 17.5 Å². The number of hydrogen-bond donors (Lipinski definition) is 3. The van der Waals surface area contributed by atoms with E-state index in [-0.39, 0.29) is 23.6 Å². The van der Waals surface area contributed by atoms with Gasteiger partial charge >= 0.3 is 0 Å². The average Bonchev–Trinajstić information content (AvgIpc) is 3.14. The zero-order valence-electron chi connectivity index (χ0n) is 12.6. The highest BCUT2D eigenvalue weighted by atomic mass is 16.2. The van der Waals surface area contributed by atoms with Crippen LogP contribution in [0.15, 0.2) is 24.4 Å². The van der Waals surface area contributed by atoms with E-state index in [0.29, 0.717) is 11.3 Å². The second-order valence-electron chi connectivity index (χ2n) is 5.68. The first kappa shape index (κ1) is 14.3. The molecule has 0 radical (unpaired) electrons. The molecule has 0 saturated heterocycles. The van der Waals surface area contributed by atoms with E-state index in [1.807, 2.05) is 26.0 Å². The monoisotopic (exact) mass is 298 g/mol. The highest BCUT2D eigenvalue weighted by Gasteiger charge is 2.26. The third-order valence-corrected chi connectivity index (χ3v) is 3.65. The van der Waals surface area contributed by atoms with Crippen molar-refractivity contribution in [2.75, 3.05) is 5.32 Å². The Hall–Kier alpha value is -2.63. The van der Waals surface area contributed by atoms with Crippen LogP contribution in [-0.2, 0) is 0 Å². The molecular formula is C16H18N4O2. The third kappa shape index (κ3) is 3.00. The summed E-state index contributed by atoms with van der Waals surface area (Å²) in [5.74, 6) is -0.490. The van der Waals surface area contributed by atoms with Crippen LogP contribution in [0.25, 0.3) is 0 Å². The summed E-state index contributed by atoms with van der Waals surface area (Å²) in [5.41, 5.74) is 3.25. The maximum atomic E-state index is 12.4. The Morgan fingerprint density at radius 1 is 1.23 bits per heavy atom. The topological polar surface area (TPSA) is 86.9 Å². The fourth-order valence-electron chi connectivity index (χ4n) is 2.30. The smallest absolute Gasteiger partial charge is 0.271 e. The zero-order valence-corrected chi connectivity index (χ0v) is 12.6. The van der Waals surface area contributed by atoms with E-state index >= 15 is 0 Å². The van der Waals surface area contributed by atoms with E-state index in [0.717, 1.165) is 24.0 Å². The van der Waals surface area contributed by atoms with Crippen molar-refractivity contribution in [3.05, 3.63) is 46.8 Å². The van der Waals surface area contributed by atoms with Crippen molar-refractivity contribution in [1.29, 1.82) is 0 Å². The van der Waals surface area contributed by atoms with Gasteiger partial charge in [-0.2, -0.15) is 5.10 Å². The van der Waals surface area contributed by atoms with Gasteiger partial charge in [0.1, 0.15) is 5.69 Å². The van der Waals surface area contributed by atoms with Gasteiger partial charge in [-0.1, -0.05) is 17.7 Å². The number of nitrogens with one attached hydrogen (secondary N) is 3. The molecule has 1 aromatic carbocycles. The van der Waals surface area contributed by atoms with Gasteiger partial charge in [0.15, 0.2) is 0 Å². The van der Waals surface area contributed by atoms with Crippen LogP contribution in [0.3, 0.4) is 0 Å². The van der Waals surface area contributed by atoms with Gasteiger partial charge < -0.3 is 10.6 Å². The van der Waals surface area contributed by atoms with Crippen LogP contribution >= 0.6 is 0 Å². The Bertz CT molecular complexity index is 731. The summed E-state index contributed by atoms with van der Waals surface area (Å²) in [6, 6.07) is 5.87. The van der Waals surface area contributed by atoms with Gasteiger partial charge in [0.25, 0.3) is 11.8 Å². The number of aromatic amines is 1. The van der Waals surface area contributed by atoms with Crippen LogP contribution in [0.1, 0.15) is 44.8 Å². The van der Waals surface area contributed by atoms with Crippen LogP contribution < -0.4 is 10.6 Å². The van der Waals surface area contributed by atoms with Gasteiger partial charge in [-0.15, -0.1) is 0 Å².